The summed E-state index contributed by atoms with van der Waals surface area (Å²) in [4.78, 5) is 16.2. The summed E-state index contributed by atoms with van der Waals surface area (Å²) >= 11 is 5.95. The maximum absolute atomic E-state index is 12.0. The first kappa shape index (κ1) is 17.2. The van der Waals surface area contributed by atoms with Gasteiger partial charge in [0.05, 0.1) is 6.42 Å². The molecule has 0 saturated carbocycles. The number of benzene rings is 2. The summed E-state index contributed by atoms with van der Waals surface area (Å²) in [6, 6.07) is 13.0. The molecule has 128 valence electrons. The Kier molecular flexibility index (Phi) is 5.14. The fourth-order valence-electron chi connectivity index (χ4n) is 2.33. The molecule has 0 N–H and O–H groups in total. The van der Waals surface area contributed by atoms with E-state index in [1.807, 2.05) is 38.1 Å². The number of aromatic nitrogens is 2. The molecule has 0 aliphatic carbocycles. The highest BCUT2D eigenvalue weighted by Crippen LogP contribution is 2.20. The third-order valence-electron chi connectivity index (χ3n) is 3.83. The Bertz CT molecular complexity index is 905. The molecule has 5 nitrogen and oxygen atoms in total. The molecule has 2 aromatic carbocycles. The maximum Gasteiger partial charge on any atom is 0.310 e. The zero-order valence-corrected chi connectivity index (χ0v) is 14.7. The van der Waals surface area contributed by atoms with Gasteiger partial charge in [0.1, 0.15) is 0 Å². The monoisotopic (exact) mass is 356 g/mol. The van der Waals surface area contributed by atoms with Crippen LogP contribution in [0, 0.1) is 13.8 Å². The van der Waals surface area contributed by atoms with Gasteiger partial charge in [0.2, 0.25) is 5.82 Å². The number of hydrogen-bond acceptors (Lipinski definition) is 5. The molecule has 0 radical (unpaired) electrons. The average Bonchev–Trinajstić information content (AvgIpc) is 3.05. The molecule has 3 aromatic rings. The average molecular weight is 357 g/mol. The van der Waals surface area contributed by atoms with E-state index >= 15 is 0 Å². The predicted octanol–water partition coefficient (Wildman–Crippen LogP) is 4.29. The molecule has 0 spiro atoms. The van der Waals surface area contributed by atoms with Crippen molar-refractivity contribution in [3.63, 3.8) is 0 Å². The molecule has 0 saturated heterocycles. The van der Waals surface area contributed by atoms with E-state index in [0.717, 1.165) is 16.7 Å². The van der Waals surface area contributed by atoms with Gasteiger partial charge >= 0.3 is 5.97 Å². The normalized spacial score (nSPS) is 10.7. The van der Waals surface area contributed by atoms with Crippen molar-refractivity contribution in [1.29, 1.82) is 0 Å². The second-order valence-corrected chi connectivity index (χ2v) is 6.21. The Labute approximate surface area is 150 Å². The molecule has 0 amide bonds. The van der Waals surface area contributed by atoms with Gasteiger partial charge in [-0.05, 0) is 42.7 Å². The van der Waals surface area contributed by atoms with Crippen molar-refractivity contribution in [2.75, 3.05) is 0 Å². The Morgan fingerprint density at radius 1 is 1.16 bits per heavy atom. The van der Waals surface area contributed by atoms with Gasteiger partial charge in [-0.3, -0.25) is 4.79 Å². The van der Waals surface area contributed by atoms with Crippen molar-refractivity contribution in [2.24, 2.45) is 0 Å². The van der Waals surface area contributed by atoms with Crippen molar-refractivity contribution < 1.29 is 14.1 Å². The summed E-state index contributed by atoms with van der Waals surface area (Å²) < 4.78 is 10.3. The number of halogens is 1. The first-order valence-electron chi connectivity index (χ1n) is 7.81. The third kappa shape index (κ3) is 4.45. The van der Waals surface area contributed by atoms with Crippen LogP contribution in [-0.2, 0) is 22.6 Å². The van der Waals surface area contributed by atoms with E-state index in [1.54, 1.807) is 18.2 Å². The summed E-state index contributed by atoms with van der Waals surface area (Å²) in [7, 11) is 0. The second-order valence-electron chi connectivity index (χ2n) is 5.78. The molecular formula is C19H17ClN2O3. The van der Waals surface area contributed by atoms with Gasteiger partial charge in [0.25, 0.3) is 5.89 Å². The zero-order valence-electron chi connectivity index (χ0n) is 14.0. The van der Waals surface area contributed by atoms with Crippen LogP contribution in [-0.4, -0.2) is 16.1 Å². The Morgan fingerprint density at radius 2 is 2.00 bits per heavy atom. The highest BCUT2D eigenvalue weighted by molar-refractivity contribution is 6.30. The van der Waals surface area contributed by atoms with Crippen molar-refractivity contribution >= 4 is 17.6 Å². The lowest BCUT2D eigenvalue weighted by atomic mass is 10.0. The fraction of sp³-hybridized carbons (Fsp3) is 0.211. The minimum atomic E-state index is -0.342. The number of nitrogens with zero attached hydrogens (tertiary/aromatic N) is 2. The molecule has 25 heavy (non-hydrogen) atoms. The van der Waals surface area contributed by atoms with Gasteiger partial charge < -0.3 is 9.26 Å². The topological polar surface area (TPSA) is 65.2 Å². The summed E-state index contributed by atoms with van der Waals surface area (Å²) in [5.41, 5.74) is 3.99. The van der Waals surface area contributed by atoms with Gasteiger partial charge in [-0.2, -0.15) is 4.98 Å². The SMILES string of the molecule is Cc1ccc(CC(=O)OCc2nc(-c3cccc(Cl)c3)no2)cc1C. The Hall–Kier alpha value is -2.66. The lowest BCUT2D eigenvalue weighted by Crippen LogP contribution is -2.08. The Balaban J connectivity index is 1.58. The molecule has 6 heteroatoms. The minimum absolute atomic E-state index is 0.0583. The van der Waals surface area contributed by atoms with Crippen LogP contribution in [0.1, 0.15) is 22.6 Å². The number of ether oxygens (including phenoxy) is 1. The first-order valence-corrected chi connectivity index (χ1v) is 8.19. The highest BCUT2D eigenvalue weighted by Gasteiger charge is 2.12. The molecule has 3 rings (SSSR count). The van der Waals surface area contributed by atoms with E-state index in [9.17, 15) is 4.79 Å². The van der Waals surface area contributed by atoms with Crippen LogP contribution >= 0.6 is 11.6 Å². The van der Waals surface area contributed by atoms with Crippen molar-refractivity contribution in [1.82, 2.24) is 10.1 Å². The largest absolute Gasteiger partial charge is 0.455 e. The molecular weight excluding hydrogens is 340 g/mol. The smallest absolute Gasteiger partial charge is 0.310 e. The molecule has 1 aromatic heterocycles. The van der Waals surface area contributed by atoms with E-state index in [1.165, 1.54) is 5.56 Å². The standard InChI is InChI=1S/C19H17ClN2O3/c1-12-6-7-14(8-13(12)2)9-18(23)24-11-17-21-19(22-25-17)15-4-3-5-16(20)10-15/h3-8,10H,9,11H2,1-2H3. The second kappa shape index (κ2) is 7.49. The van der Waals surface area contributed by atoms with Crippen LogP contribution in [0.3, 0.4) is 0 Å². The maximum atomic E-state index is 12.0. The number of rotatable bonds is 5. The van der Waals surface area contributed by atoms with E-state index in [4.69, 9.17) is 20.9 Å². The Morgan fingerprint density at radius 3 is 2.76 bits per heavy atom. The molecule has 0 aliphatic heterocycles. The lowest BCUT2D eigenvalue weighted by Gasteiger charge is -2.05. The fourth-order valence-corrected chi connectivity index (χ4v) is 2.52. The number of aryl methyl sites for hydroxylation is 2. The van der Waals surface area contributed by atoms with Gasteiger partial charge in [-0.15, -0.1) is 0 Å². The van der Waals surface area contributed by atoms with Crippen LogP contribution in [0.5, 0.6) is 0 Å². The van der Waals surface area contributed by atoms with Crippen LogP contribution in [0.2, 0.25) is 5.02 Å². The van der Waals surface area contributed by atoms with Crippen LogP contribution in [0.25, 0.3) is 11.4 Å². The van der Waals surface area contributed by atoms with Crippen LogP contribution < -0.4 is 0 Å². The van der Waals surface area contributed by atoms with Gasteiger partial charge in [-0.1, -0.05) is 47.1 Å². The molecule has 1 heterocycles. The number of esters is 1. The summed E-state index contributed by atoms with van der Waals surface area (Å²) in [6.45, 7) is 3.99. The van der Waals surface area contributed by atoms with E-state index < -0.39 is 0 Å². The molecule has 0 atom stereocenters. The zero-order chi connectivity index (χ0) is 17.8. The summed E-state index contributed by atoms with van der Waals surface area (Å²) in [6.07, 6.45) is 0.205. The van der Waals surface area contributed by atoms with E-state index in [0.29, 0.717) is 10.8 Å². The lowest BCUT2D eigenvalue weighted by molar-refractivity contribution is -0.144. The summed E-state index contributed by atoms with van der Waals surface area (Å²) in [5, 5.41) is 4.46. The van der Waals surface area contributed by atoms with Crippen molar-refractivity contribution in [3.05, 3.63) is 70.1 Å². The van der Waals surface area contributed by atoms with Crippen molar-refractivity contribution in [3.8, 4) is 11.4 Å². The van der Waals surface area contributed by atoms with E-state index in [2.05, 4.69) is 10.1 Å². The minimum Gasteiger partial charge on any atom is -0.455 e. The first-order chi connectivity index (χ1) is 12.0. The van der Waals surface area contributed by atoms with Crippen LogP contribution in [0.4, 0.5) is 0 Å². The summed E-state index contributed by atoms with van der Waals surface area (Å²) in [5.74, 6) is 0.303. The molecule has 0 fully saturated rings. The third-order valence-corrected chi connectivity index (χ3v) is 4.06. The molecule has 0 unspecified atom stereocenters. The molecule has 0 bridgehead atoms. The predicted molar refractivity (Wildman–Crippen MR) is 94.2 cm³/mol. The van der Waals surface area contributed by atoms with Gasteiger partial charge in [-0.25, -0.2) is 0 Å². The highest BCUT2D eigenvalue weighted by atomic mass is 35.5. The number of hydrogen-bond donors (Lipinski definition) is 0. The van der Waals surface area contributed by atoms with Gasteiger partial charge in [0, 0.05) is 10.6 Å². The quantitative estimate of drug-likeness (QED) is 0.638. The van der Waals surface area contributed by atoms with Crippen molar-refractivity contribution in [2.45, 2.75) is 26.9 Å². The molecule has 0 aliphatic rings. The number of carbonyl (C=O) groups excluding carboxylic acids is 1. The van der Waals surface area contributed by atoms with Crippen LogP contribution in [0.15, 0.2) is 47.0 Å². The van der Waals surface area contributed by atoms with Gasteiger partial charge in [0.15, 0.2) is 6.61 Å². The van der Waals surface area contributed by atoms with E-state index in [-0.39, 0.29) is 24.9 Å². The number of carbonyl (C=O) groups is 1.